The van der Waals surface area contributed by atoms with E-state index < -0.39 is 0 Å². The van der Waals surface area contributed by atoms with Crippen molar-refractivity contribution in [1.82, 2.24) is 0 Å². The molecule has 0 unspecified atom stereocenters. The van der Waals surface area contributed by atoms with Crippen molar-refractivity contribution in [3.8, 4) is 0 Å². The third-order valence-electron chi connectivity index (χ3n) is 4.51. The summed E-state index contributed by atoms with van der Waals surface area (Å²) in [4.78, 5) is 4.87. The summed E-state index contributed by atoms with van der Waals surface area (Å²) < 4.78 is 0. The van der Waals surface area contributed by atoms with Crippen LogP contribution in [0.4, 0.5) is 11.4 Å². The van der Waals surface area contributed by atoms with E-state index in [-0.39, 0.29) is 0 Å². The zero-order chi connectivity index (χ0) is 20.2. The van der Waals surface area contributed by atoms with Crippen LogP contribution in [0.1, 0.15) is 0 Å². The summed E-state index contributed by atoms with van der Waals surface area (Å²) in [6.07, 6.45) is 6.94. The maximum atomic E-state index is 6.14. The van der Waals surface area contributed by atoms with E-state index in [4.69, 9.17) is 27.4 Å². The molecule has 2 N–H and O–H groups in total. The number of aliphatic imine (C=N–C) groups is 1. The average Bonchev–Trinajstić information content (AvgIpc) is 2.74. The molecule has 3 aromatic carbocycles. The topological polar surface area (TPSA) is 54.0 Å². The number of nitrogens with two attached hydrogens (primary N) is 1. The van der Waals surface area contributed by atoms with Crippen molar-refractivity contribution in [1.29, 1.82) is 0 Å². The SMILES string of the molecule is C=C1C=CN(c2cccc(Cl)c2)N=C1C(C=CN)=Nc1cccc2ccccc12. The molecule has 1 aliphatic heterocycles. The number of halogens is 1. The average molecular weight is 399 g/mol. The number of hydrogen-bond acceptors (Lipinski definition) is 4. The Morgan fingerprint density at radius 3 is 2.69 bits per heavy atom. The van der Waals surface area contributed by atoms with Gasteiger partial charge in [0.05, 0.1) is 17.1 Å². The Kier molecular flexibility index (Phi) is 5.27. The van der Waals surface area contributed by atoms with Crippen LogP contribution in [0.25, 0.3) is 10.8 Å². The van der Waals surface area contributed by atoms with Crippen molar-refractivity contribution >= 4 is 45.2 Å². The number of rotatable bonds is 4. The third kappa shape index (κ3) is 3.98. The Morgan fingerprint density at radius 1 is 1.07 bits per heavy atom. The Morgan fingerprint density at radius 2 is 1.86 bits per heavy atom. The number of anilines is 1. The molecular formula is C24H19ClN4. The third-order valence-corrected chi connectivity index (χ3v) is 4.74. The molecule has 4 rings (SSSR count). The van der Waals surface area contributed by atoms with Gasteiger partial charge in [-0.3, -0.25) is 0 Å². The molecule has 0 saturated heterocycles. The predicted molar refractivity (Wildman–Crippen MR) is 124 cm³/mol. The summed E-state index contributed by atoms with van der Waals surface area (Å²) in [5.74, 6) is 0. The molecule has 1 aliphatic rings. The van der Waals surface area contributed by atoms with Gasteiger partial charge in [0.15, 0.2) is 0 Å². The molecule has 0 aliphatic carbocycles. The molecule has 0 bridgehead atoms. The summed E-state index contributed by atoms with van der Waals surface area (Å²) in [5.41, 5.74) is 9.43. The number of benzene rings is 3. The molecule has 0 amide bonds. The zero-order valence-corrected chi connectivity index (χ0v) is 16.4. The molecule has 0 fully saturated rings. The first-order valence-electron chi connectivity index (χ1n) is 9.12. The largest absolute Gasteiger partial charge is 0.405 e. The van der Waals surface area contributed by atoms with Crippen LogP contribution < -0.4 is 10.7 Å². The van der Waals surface area contributed by atoms with Crippen molar-refractivity contribution in [3.63, 3.8) is 0 Å². The quantitative estimate of drug-likeness (QED) is 0.549. The molecule has 4 nitrogen and oxygen atoms in total. The van der Waals surface area contributed by atoms with Crippen LogP contribution in [0, 0.1) is 0 Å². The second-order valence-corrected chi connectivity index (χ2v) is 6.90. The number of fused-ring (bicyclic) bond motifs is 1. The molecule has 0 radical (unpaired) electrons. The van der Waals surface area contributed by atoms with Crippen LogP contribution in [0.5, 0.6) is 0 Å². The molecular weight excluding hydrogens is 380 g/mol. The van der Waals surface area contributed by atoms with Gasteiger partial charge in [0.2, 0.25) is 0 Å². The number of hydrogen-bond donors (Lipinski definition) is 1. The summed E-state index contributed by atoms with van der Waals surface area (Å²) >= 11 is 6.14. The second-order valence-electron chi connectivity index (χ2n) is 6.47. The molecule has 0 spiro atoms. The van der Waals surface area contributed by atoms with Gasteiger partial charge in [-0.15, -0.1) is 0 Å². The fraction of sp³-hybridized carbons (Fsp3) is 0. The van der Waals surface area contributed by atoms with Gasteiger partial charge in [-0.05, 0) is 53.6 Å². The van der Waals surface area contributed by atoms with Crippen LogP contribution in [0.15, 0.2) is 114 Å². The van der Waals surface area contributed by atoms with Crippen LogP contribution in [-0.2, 0) is 0 Å². The molecule has 142 valence electrons. The van der Waals surface area contributed by atoms with E-state index in [0.717, 1.165) is 27.7 Å². The summed E-state index contributed by atoms with van der Waals surface area (Å²) in [7, 11) is 0. The Balaban J connectivity index is 1.81. The normalized spacial score (nSPS) is 14.7. The molecule has 0 aromatic heterocycles. The van der Waals surface area contributed by atoms with Gasteiger partial charge in [0.1, 0.15) is 5.71 Å². The van der Waals surface area contributed by atoms with Crippen molar-refractivity contribution in [3.05, 3.63) is 108 Å². The Bertz CT molecular complexity index is 1200. The number of nitrogens with zero attached hydrogens (tertiary/aromatic N) is 3. The van der Waals surface area contributed by atoms with Crippen molar-refractivity contribution < 1.29 is 0 Å². The van der Waals surface area contributed by atoms with Gasteiger partial charge in [0.25, 0.3) is 0 Å². The first-order chi connectivity index (χ1) is 14.2. The first kappa shape index (κ1) is 18.7. The van der Waals surface area contributed by atoms with Gasteiger partial charge in [-0.25, -0.2) is 10.0 Å². The summed E-state index contributed by atoms with van der Waals surface area (Å²) in [6.45, 7) is 4.12. The van der Waals surface area contributed by atoms with Crippen LogP contribution in [0.2, 0.25) is 5.02 Å². The molecule has 0 atom stereocenters. The highest BCUT2D eigenvalue weighted by Crippen LogP contribution is 2.27. The van der Waals surface area contributed by atoms with Crippen LogP contribution >= 0.6 is 11.6 Å². The Hall–Kier alpha value is -3.63. The van der Waals surface area contributed by atoms with Gasteiger partial charge in [0, 0.05) is 16.6 Å². The second kappa shape index (κ2) is 8.17. The summed E-state index contributed by atoms with van der Waals surface area (Å²) in [5, 5.41) is 9.31. The monoisotopic (exact) mass is 398 g/mol. The standard InChI is InChI=1S/C24H19ClN4/c1-17-13-15-29(20-9-5-8-19(25)16-20)28-24(17)23(12-14-26)27-22-11-4-7-18-6-2-3-10-21(18)22/h2-16H,1,26H2. The van der Waals surface area contributed by atoms with E-state index in [9.17, 15) is 0 Å². The highest BCUT2D eigenvalue weighted by Gasteiger charge is 2.17. The van der Waals surface area contributed by atoms with E-state index in [1.165, 1.54) is 6.20 Å². The van der Waals surface area contributed by atoms with Crippen molar-refractivity contribution in [2.75, 3.05) is 5.01 Å². The molecule has 0 saturated carbocycles. The lowest BCUT2D eigenvalue weighted by atomic mass is 10.1. The van der Waals surface area contributed by atoms with E-state index in [1.807, 2.05) is 66.9 Å². The van der Waals surface area contributed by atoms with Crippen LogP contribution in [-0.4, -0.2) is 11.4 Å². The lowest BCUT2D eigenvalue weighted by Gasteiger charge is -2.21. The molecule has 5 heteroatoms. The van der Waals surface area contributed by atoms with E-state index in [0.29, 0.717) is 16.4 Å². The zero-order valence-electron chi connectivity index (χ0n) is 15.7. The van der Waals surface area contributed by atoms with E-state index in [2.05, 4.69) is 18.7 Å². The van der Waals surface area contributed by atoms with E-state index >= 15 is 0 Å². The maximum absolute atomic E-state index is 6.14. The fourth-order valence-corrected chi connectivity index (χ4v) is 3.30. The smallest absolute Gasteiger partial charge is 0.116 e. The van der Waals surface area contributed by atoms with Gasteiger partial charge < -0.3 is 5.73 Å². The lowest BCUT2D eigenvalue weighted by molar-refractivity contribution is 1.07. The van der Waals surface area contributed by atoms with Gasteiger partial charge >= 0.3 is 0 Å². The molecule has 29 heavy (non-hydrogen) atoms. The molecule has 1 heterocycles. The van der Waals surface area contributed by atoms with E-state index in [1.54, 1.807) is 11.1 Å². The lowest BCUT2D eigenvalue weighted by Crippen LogP contribution is -2.23. The minimum atomic E-state index is 0.630. The van der Waals surface area contributed by atoms with Gasteiger partial charge in [-0.1, -0.05) is 60.6 Å². The fourth-order valence-electron chi connectivity index (χ4n) is 3.12. The minimum Gasteiger partial charge on any atom is -0.405 e. The van der Waals surface area contributed by atoms with Crippen molar-refractivity contribution in [2.45, 2.75) is 0 Å². The maximum Gasteiger partial charge on any atom is 0.116 e. The summed E-state index contributed by atoms with van der Waals surface area (Å²) in [6, 6.07) is 21.6. The number of hydrazone groups is 1. The molecule has 3 aromatic rings. The van der Waals surface area contributed by atoms with Crippen molar-refractivity contribution in [2.24, 2.45) is 15.8 Å². The Labute approximate surface area is 174 Å². The van der Waals surface area contributed by atoms with Gasteiger partial charge in [-0.2, -0.15) is 5.10 Å². The number of allylic oxidation sites excluding steroid dienone is 3. The van der Waals surface area contributed by atoms with Crippen LogP contribution in [0.3, 0.4) is 0 Å². The highest BCUT2D eigenvalue weighted by molar-refractivity contribution is 6.53. The highest BCUT2D eigenvalue weighted by atomic mass is 35.5. The predicted octanol–water partition coefficient (Wildman–Crippen LogP) is 5.98. The minimum absolute atomic E-state index is 0.630. The first-order valence-corrected chi connectivity index (χ1v) is 9.49.